The Morgan fingerprint density at radius 3 is 2.93 bits per heavy atom. The molecule has 0 amide bonds. The average Bonchev–Trinajstić information content (AvgIpc) is 2.15. The van der Waals surface area contributed by atoms with Crippen molar-refractivity contribution in [2.75, 3.05) is 13.1 Å². The number of hydrogen-bond acceptors (Lipinski definition) is 2. The van der Waals surface area contributed by atoms with Crippen molar-refractivity contribution in [3.05, 3.63) is 0 Å². The van der Waals surface area contributed by atoms with E-state index in [1.54, 1.807) is 6.92 Å². The summed E-state index contributed by atoms with van der Waals surface area (Å²) < 4.78 is 0. The van der Waals surface area contributed by atoms with Gasteiger partial charge in [0.1, 0.15) is 6.04 Å². The largest absolute Gasteiger partial charge is 0.480 e. The van der Waals surface area contributed by atoms with E-state index in [1.807, 2.05) is 4.90 Å². The lowest BCUT2D eigenvalue weighted by molar-refractivity contribution is -0.145. The van der Waals surface area contributed by atoms with Gasteiger partial charge in [0.25, 0.3) is 0 Å². The highest BCUT2D eigenvalue weighted by Crippen LogP contribution is 2.22. The highest BCUT2D eigenvalue weighted by molar-refractivity contribution is 5.73. The van der Waals surface area contributed by atoms with Crippen LogP contribution in [0.25, 0.3) is 0 Å². The lowest BCUT2D eigenvalue weighted by Crippen LogP contribution is -2.46. The molecule has 3 nitrogen and oxygen atoms in total. The molecule has 0 aromatic rings. The van der Waals surface area contributed by atoms with Crippen molar-refractivity contribution in [1.82, 2.24) is 4.90 Å². The topological polar surface area (TPSA) is 40.5 Å². The number of aliphatic carboxylic acids is 1. The van der Waals surface area contributed by atoms with Gasteiger partial charge in [0.15, 0.2) is 0 Å². The third-order valence-electron chi connectivity index (χ3n) is 2.72. The number of hydrogen-bond donors (Lipinski definition) is 1. The van der Waals surface area contributed by atoms with Crippen molar-refractivity contribution in [3.63, 3.8) is 0 Å². The van der Waals surface area contributed by atoms with Crippen LogP contribution in [-0.2, 0) is 4.79 Å². The Bertz CT molecular complexity index is 264. The van der Waals surface area contributed by atoms with Crippen LogP contribution >= 0.6 is 0 Å². The molecule has 1 fully saturated rings. The van der Waals surface area contributed by atoms with Gasteiger partial charge in [0, 0.05) is 6.54 Å². The number of carboxylic acids is 1. The van der Waals surface area contributed by atoms with E-state index in [-0.39, 0.29) is 6.04 Å². The van der Waals surface area contributed by atoms with E-state index in [0.717, 1.165) is 19.4 Å². The number of nitrogens with zero attached hydrogens (tertiary/aromatic N) is 1. The second-order valence-electron chi connectivity index (χ2n) is 3.88. The van der Waals surface area contributed by atoms with Gasteiger partial charge in [-0.2, -0.15) is 0 Å². The molecule has 14 heavy (non-hydrogen) atoms. The first-order chi connectivity index (χ1) is 6.65. The third-order valence-corrected chi connectivity index (χ3v) is 2.72. The minimum atomic E-state index is -0.713. The second-order valence-corrected chi connectivity index (χ2v) is 3.88. The van der Waals surface area contributed by atoms with E-state index >= 15 is 0 Å². The Morgan fingerprint density at radius 1 is 1.64 bits per heavy atom. The first-order valence-electron chi connectivity index (χ1n) is 5.01. The van der Waals surface area contributed by atoms with Gasteiger partial charge in [-0.15, -0.1) is 5.92 Å². The smallest absolute Gasteiger partial charge is 0.320 e. The quantitative estimate of drug-likeness (QED) is 0.673. The van der Waals surface area contributed by atoms with Gasteiger partial charge in [0.05, 0.1) is 6.54 Å². The summed E-state index contributed by atoms with van der Waals surface area (Å²) in [5.74, 6) is 5.53. The van der Waals surface area contributed by atoms with Crippen LogP contribution in [0, 0.1) is 17.8 Å². The van der Waals surface area contributed by atoms with Gasteiger partial charge in [-0.3, -0.25) is 9.69 Å². The van der Waals surface area contributed by atoms with Crippen LogP contribution in [0.5, 0.6) is 0 Å². The standard InChI is InChI=1S/C11H17NO2/c1-3-4-6-12-7-5-9(2)8-10(12)11(13)14/h9-10H,5-8H2,1-2H3,(H,13,14). The zero-order chi connectivity index (χ0) is 10.6. The van der Waals surface area contributed by atoms with Crippen LogP contribution in [0.2, 0.25) is 0 Å². The fourth-order valence-electron chi connectivity index (χ4n) is 1.82. The second kappa shape index (κ2) is 5.02. The van der Waals surface area contributed by atoms with E-state index in [0.29, 0.717) is 12.5 Å². The fourth-order valence-corrected chi connectivity index (χ4v) is 1.82. The molecular formula is C11H17NO2. The van der Waals surface area contributed by atoms with Gasteiger partial charge >= 0.3 is 5.97 Å². The monoisotopic (exact) mass is 195 g/mol. The number of rotatable bonds is 2. The molecule has 78 valence electrons. The highest BCUT2D eigenvalue weighted by atomic mass is 16.4. The Labute approximate surface area is 85.1 Å². The molecule has 0 aromatic heterocycles. The SMILES string of the molecule is CC#CCN1CCC(C)CC1C(=O)O. The predicted octanol–water partition coefficient (Wildman–Crippen LogP) is 1.19. The lowest BCUT2D eigenvalue weighted by Gasteiger charge is -2.34. The number of carboxylic acid groups (broad SMARTS) is 1. The van der Waals surface area contributed by atoms with Crippen LogP contribution in [0.1, 0.15) is 26.7 Å². The summed E-state index contributed by atoms with van der Waals surface area (Å²) in [6, 6.07) is -0.334. The zero-order valence-corrected chi connectivity index (χ0v) is 8.79. The van der Waals surface area contributed by atoms with Gasteiger partial charge in [-0.1, -0.05) is 12.8 Å². The molecule has 0 aromatic carbocycles. The van der Waals surface area contributed by atoms with E-state index in [2.05, 4.69) is 18.8 Å². The highest BCUT2D eigenvalue weighted by Gasteiger charge is 2.30. The molecule has 3 heteroatoms. The molecule has 1 saturated heterocycles. The van der Waals surface area contributed by atoms with E-state index in [1.165, 1.54) is 0 Å². The summed E-state index contributed by atoms with van der Waals surface area (Å²) in [5.41, 5.74) is 0. The van der Waals surface area contributed by atoms with Crippen LogP contribution < -0.4 is 0 Å². The minimum Gasteiger partial charge on any atom is -0.480 e. The molecule has 1 aliphatic rings. The summed E-state index contributed by atoms with van der Waals surface area (Å²) in [7, 11) is 0. The van der Waals surface area contributed by atoms with E-state index in [9.17, 15) is 4.79 Å². The van der Waals surface area contributed by atoms with E-state index < -0.39 is 5.97 Å². The minimum absolute atomic E-state index is 0.334. The van der Waals surface area contributed by atoms with Crippen molar-refractivity contribution in [2.45, 2.75) is 32.7 Å². The van der Waals surface area contributed by atoms with Crippen LogP contribution in [-0.4, -0.2) is 35.1 Å². The number of carbonyl (C=O) groups is 1. The Balaban J connectivity index is 2.60. The molecule has 1 N–H and O–H groups in total. The van der Waals surface area contributed by atoms with Crippen molar-refractivity contribution in [3.8, 4) is 11.8 Å². The average molecular weight is 195 g/mol. The molecule has 1 rings (SSSR count). The Morgan fingerprint density at radius 2 is 2.36 bits per heavy atom. The van der Waals surface area contributed by atoms with E-state index in [4.69, 9.17) is 5.11 Å². The fraction of sp³-hybridized carbons (Fsp3) is 0.727. The molecular weight excluding hydrogens is 178 g/mol. The van der Waals surface area contributed by atoms with Gasteiger partial charge in [0.2, 0.25) is 0 Å². The molecule has 0 bridgehead atoms. The van der Waals surface area contributed by atoms with Crippen LogP contribution in [0.4, 0.5) is 0 Å². The first kappa shape index (κ1) is 11.1. The third kappa shape index (κ3) is 2.74. The predicted molar refractivity (Wildman–Crippen MR) is 54.8 cm³/mol. The van der Waals surface area contributed by atoms with Crippen LogP contribution in [0.3, 0.4) is 0 Å². The molecule has 2 atom stereocenters. The van der Waals surface area contributed by atoms with Crippen molar-refractivity contribution < 1.29 is 9.90 Å². The molecule has 0 radical (unpaired) electrons. The normalized spacial score (nSPS) is 27.9. The molecule has 1 heterocycles. The first-order valence-corrected chi connectivity index (χ1v) is 5.01. The molecule has 1 aliphatic heterocycles. The van der Waals surface area contributed by atoms with Crippen molar-refractivity contribution >= 4 is 5.97 Å². The number of piperidine rings is 1. The summed E-state index contributed by atoms with van der Waals surface area (Å²) in [6.45, 7) is 5.33. The summed E-state index contributed by atoms with van der Waals surface area (Å²) in [5, 5.41) is 9.04. The van der Waals surface area contributed by atoms with Gasteiger partial charge in [-0.05, 0) is 25.7 Å². The Hall–Kier alpha value is -1.01. The van der Waals surface area contributed by atoms with Crippen molar-refractivity contribution in [1.29, 1.82) is 0 Å². The summed E-state index contributed by atoms with van der Waals surface area (Å²) in [6.07, 6.45) is 1.83. The summed E-state index contributed by atoms with van der Waals surface area (Å²) >= 11 is 0. The number of likely N-dealkylation sites (tertiary alicyclic amines) is 1. The van der Waals surface area contributed by atoms with Crippen molar-refractivity contribution in [2.24, 2.45) is 5.92 Å². The zero-order valence-electron chi connectivity index (χ0n) is 8.79. The maximum atomic E-state index is 11.0. The molecule has 0 aliphatic carbocycles. The molecule has 0 saturated carbocycles. The van der Waals surface area contributed by atoms with Gasteiger partial charge in [-0.25, -0.2) is 0 Å². The molecule has 2 unspecified atom stereocenters. The maximum absolute atomic E-state index is 11.0. The maximum Gasteiger partial charge on any atom is 0.320 e. The summed E-state index contributed by atoms with van der Waals surface area (Å²) in [4.78, 5) is 12.9. The lowest BCUT2D eigenvalue weighted by atomic mass is 9.92. The van der Waals surface area contributed by atoms with Crippen LogP contribution in [0.15, 0.2) is 0 Å². The Kier molecular flexibility index (Phi) is 3.97. The molecule has 0 spiro atoms. The van der Waals surface area contributed by atoms with Gasteiger partial charge < -0.3 is 5.11 Å².